The van der Waals surface area contributed by atoms with Gasteiger partial charge in [-0.25, -0.2) is 0 Å². The summed E-state index contributed by atoms with van der Waals surface area (Å²) in [5.41, 5.74) is 21.8. The maximum absolute atomic E-state index is 7.44. The Labute approximate surface area is 429 Å². The lowest BCUT2D eigenvalue weighted by Gasteiger charge is -2.42. The van der Waals surface area contributed by atoms with Crippen LogP contribution in [0.5, 0.6) is 11.5 Å². The highest BCUT2D eigenvalue weighted by Crippen LogP contribution is 2.50. The second-order valence-electron chi connectivity index (χ2n) is 21.5. The van der Waals surface area contributed by atoms with Gasteiger partial charge in [-0.05, 0) is 157 Å². The van der Waals surface area contributed by atoms with Gasteiger partial charge in [0.1, 0.15) is 11.5 Å². The minimum atomic E-state index is -0.194. The van der Waals surface area contributed by atoms with Crippen LogP contribution in [0.3, 0.4) is 0 Å². The van der Waals surface area contributed by atoms with Gasteiger partial charge in [0.25, 0.3) is 6.71 Å². The second kappa shape index (κ2) is 16.8. The topological polar surface area (TPSA) is 23.9 Å². The van der Waals surface area contributed by atoms with Crippen LogP contribution in [0.2, 0.25) is 0 Å². The highest BCUT2D eigenvalue weighted by Gasteiger charge is 2.44. The summed E-state index contributed by atoms with van der Waals surface area (Å²) in [5, 5.41) is 4.82. The minimum absolute atomic E-state index is 0.109. The summed E-state index contributed by atoms with van der Waals surface area (Å²) >= 11 is 0. The van der Waals surface area contributed by atoms with E-state index < -0.39 is 0 Å². The molecular formula is C67H57BN4O. The molecule has 0 fully saturated rings. The van der Waals surface area contributed by atoms with Crippen molar-refractivity contribution in [1.29, 1.82) is 0 Å². The third-order valence-electron chi connectivity index (χ3n) is 15.4. The van der Waals surface area contributed by atoms with Gasteiger partial charge in [0.05, 0.1) is 11.2 Å². The molecule has 0 N–H and O–H groups in total. The molecule has 2 aliphatic rings. The van der Waals surface area contributed by atoms with Crippen molar-refractivity contribution in [2.75, 3.05) is 14.7 Å². The molecule has 11 aromatic rings. The Bertz CT molecular complexity index is 3890. The van der Waals surface area contributed by atoms with E-state index >= 15 is 0 Å². The molecule has 10 aromatic carbocycles. The maximum atomic E-state index is 7.44. The average Bonchev–Trinajstić information content (AvgIpc) is 3.68. The second-order valence-corrected chi connectivity index (χ2v) is 21.5. The number of aryl methyl sites for hydroxylation is 5. The van der Waals surface area contributed by atoms with Gasteiger partial charge in [0, 0.05) is 74.9 Å². The van der Waals surface area contributed by atoms with E-state index in [1.165, 1.54) is 71.3 Å². The zero-order valence-electron chi connectivity index (χ0n) is 42.8. The lowest BCUT2D eigenvalue weighted by molar-refractivity contribution is 0.483. The molecule has 73 heavy (non-hydrogen) atoms. The summed E-state index contributed by atoms with van der Waals surface area (Å²) in [6, 6.07) is 74.6. The molecule has 0 amide bonds. The van der Waals surface area contributed by atoms with Crippen LogP contribution in [0.25, 0.3) is 32.6 Å². The lowest BCUT2D eigenvalue weighted by Crippen LogP contribution is -2.59. The van der Waals surface area contributed by atoms with Crippen molar-refractivity contribution in [3.05, 3.63) is 228 Å². The van der Waals surface area contributed by atoms with Crippen LogP contribution >= 0.6 is 0 Å². The molecule has 0 atom stereocenters. The Morgan fingerprint density at radius 1 is 0.425 bits per heavy atom. The Morgan fingerprint density at radius 3 is 1.52 bits per heavy atom. The van der Waals surface area contributed by atoms with Gasteiger partial charge in [0.15, 0.2) is 0 Å². The van der Waals surface area contributed by atoms with Crippen LogP contribution in [0, 0.1) is 27.7 Å². The summed E-state index contributed by atoms with van der Waals surface area (Å²) in [4.78, 5) is 7.35. The lowest BCUT2D eigenvalue weighted by atomic mass is 9.34. The van der Waals surface area contributed by atoms with Gasteiger partial charge < -0.3 is 24.0 Å². The molecule has 3 heterocycles. The van der Waals surface area contributed by atoms with E-state index in [1.807, 2.05) is 0 Å². The number of rotatable bonds is 7. The predicted octanol–water partition coefficient (Wildman–Crippen LogP) is 16.4. The van der Waals surface area contributed by atoms with Crippen molar-refractivity contribution in [3.8, 4) is 11.5 Å². The van der Waals surface area contributed by atoms with Gasteiger partial charge in [0.2, 0.25) is 0 Å². The van der Waals surface area contributed by atoms with Crippen molar-refractivity contribution in [2.24, 2.45) is 7.05 Å². The standard InChI is InChI=1S/C67H57BN4O/c1-42-17-25-49(26-18-42)70(50-27-19-43(2)20-28-50)53-33-34-57-63(41-53)73-64-38-48(67(5,6)7)37-61-65(64)68(57)58-35-46-13-9-10-14-47(46)36-60(58)72(61)62-40-54(39-56-55-15-11-12-16-59(55)69(8)66(56)62)71(51-29-21-44(3)22-30-51)52-31-23-45(4)24-32-52/h9-41H,1-8H3. The van der Waals surface area contributed by atoms with Crippen LogP contribution in [0.1, 0.15) is 48.6 Å². The van der Waals surface area contributed by atoms with Gasteiger partial charge >= 0.3 is 0 Å². The monoisotopic (exact) mass is 944 g/mol. The summed E-state index contributed by atoms with van der Waals surface area (Å²) < 4.78 is 9.84. The summed E-state index contributed by atoms with van der Waals surface area (Å²) in [6.45, 7) is 15.4. The van der Waals surface area contributed by atoms with Crippen molar-refractivity contribution < 1.29 is 4.74 Å². The summed E-state index contributed by atoms with van der Waals surface area (Å²) in [6.07, 6.45) is 0. The number of fused-ring (bicyclic) bond motifs is 8. The van der Waals surface area contributed by atoms with E-state index in [9.17, 15) is 0 Å². The molecule has 13 rings (SSSR count). The first-order valence-electron chi connectivity index (χ1n) is 25.6. The average molecular weight is 945 g/mol. The van der Waals surface area contributed by atoms with Crippen LogP contribution in [0.4, 0.5) is 51.2 Å². The quantitative estimate of drug-likeness (QED) is 0.149. The maximum Gasteiger partial charge on any atom is 0.256 e. The van der Waals surface area contributed by atoms with Gasteiger partial charge in [-0.15, -0.1) is 0 Å². The predicted molar refractivity (Wildman–Crippen MR) is 311 cm³/mol. The van der Waals surface area contributed by atoms with Gasteiger partial charge in [-0.1, -0.05) is 146 Å². The number of aromatic nitrogens is 1. The molecule has 6 heteroatoms. The normalized spacial score (nSPS) is 12.7. The molecular weight excluding hydrogens is 888 g/mol. The molecule has 0 saturated heterocycles. The fourth-order valence-electron chi connectivity index (χ4n) is 11.5. The number of ether oxygens (including phenoxy) is 1. The van der Waals surface area contributed by atoms with Crippen LogP contribution in [-0.4, -0.2) is 11.3 Å². The SMILES string of the molecule is Cc1ccc(N(c2ccc(C)cc2)c2ccc3c(c2)Oc2cc(C(C)(C)C)cc4c2B3c2cc3ccccc3cc2N4c2cc(N(c3ccc(C)cc3)c3ccc(C)cc3)cc3c4ccccc4n(C)c23)cc1. The first-order chi connectivity index (χ1) is 35.4. The molecule has 0 spiro atoms. The van der Waals surface area contributed by atoms with E-state index in [1.54, 1.807) is 0 Å². The smallest absolute Gasteiger partial charge is 0.256 e. The Kier molecular flexibility index (Phi) is 10.2. The van der Waals surface area contributed by atoms with Crippen molar-refractivity contribution in [2.45, 2.75) is 53.9 Å². The van der Waals surface area contributed by atoms with Crippen LogP contribution in [0.15, 0.2) is 200 Å². The number of anilines is 9. The van der Waals surface area contributed by atoms with E-state index in [4.69, 9.17) is 4.74 Å². The number of nitrogens with zero attached hydrogens (tertiary/aromatic N) is 4. The molecule has 0 unspecified atom stereocenters. The minimum Gasteiger partial charge on any atom is -0.458 e. The van der Waals surface area contributed by atoms with E-state index in [0.717, 1.165) is 68.1 Å². The molecule has 5 nitrogen and oxygen atoms in total. The Hall–Kier alpha value is -8.48. The van der Waals surface area contributed by atoms with E-state index in [0.29, 0.717) is 0 Å². The number of hydrogen-bond acceptors (Lipinski definition) is 4. The van der Waals surface area contributed by atoms with Gasteiger partial charge in [-0.3, -0.25) is 0 Å². The molecule has 2 aliphatic heterocycles. The summed E-state index contributed by atoms with van der Waals surface area (Å²) in [5.74, 6) is 1.76. The highest BCUT2D eigenvalue weighted by atomic mass is 16.5. The van der Waals surface area contributed by atoms with E-state index in [-0.39, 0.29) is 12.1 Å². The van der Waals surface area contributed by atoms with Crippen molar-refractivity contribution in [1.82, 2.24) is 4.57 Å². The third kappa shape index (κ3) is 7.38. The molecule has 0 saturated carbocycles. The molecule has 1 aromatic heterocycles. The first kappa shape index (κ1) is 44.5. The van der Waals surface area contributed by atoms with E-state index in [2.05, 4.69) is 275 Å². The van der Waals surface area contributed by atoms with Crippen molar-refractivity contribution in [3.63, 3.8) is 0 Å². The summed E-state index contributed by atoms with van der Waals surface area (Å²) in [7, 11) is 2.23. The highest BCUT2D eigenvalue weighted by molar-refractivity contribution is 6.99. The Balaban J connectivity index is 1.10. The van der Waals surface area contributed by atoms with Crippen LogP contribution < -0.4 is 35.8 Å². The molecule has 0 radical (unpaired) electrons. The fraction of sp³-hybridized carbons (Fsp3) is 0.134. The zero-order valence-corrected chi connectivity index (χ0v) is 42.8. The molecule has 354 valence electrons. The third-order valence-corrected chi connectivity index (χ3v) is 15.4. The zero-order chi connectivity index (χ0) is 49.9. The Morgan fingerprint density at radius 2 is 0.945 bits per heavy atom. The first-order valence-corrected chi connectivity index (χ1v) is 25.6. The largest absolute Gasteiger partial charge is 0.458 e. The van der Waals surface area contributed by atoms with Crippen molar-refractivity contribution >= 4 is 107 Å². The molecule has 0 aliphatic carbocycles. The number of benzene rings is 10. The fourth-order valence-corrected chi connectivity index (χ4v) is 11.5. The van der Waals surface area contributed by atoms with Gasteiger partial charge in [-0.2, -0.15) is 0 Å². The molecule has 0 bridgehead atoms. The van der Waals surface area contributed by atoms with Crippen LogP contribution in [-0.2, 0) is 12.5 Å². The number of hydrogen-bond donors (Lipinski definition) is 0. The number of para-hydroxylation sites is 1.